The van der Waals surface area contributed by atoms with Crippen molar-refractivity contribution in [1.82, 2.24) is 4.90 Å². The minimum atomic E-state index is -0.449. The summed E-state index contributed by atoms with van der Waals surface area (Å²) in [6.07, 6.45) is 8.13. The molecule has 31 heavy (non-hydrogen) atoms. The maximum Gasteiger partial charge on any atom is 0.288 e. The van der Waals surface area contributed by atoms with E-state index in [1.165, 1.54) is 19.3 Å². The molecular weight excluding hydrogens is 398 g/mol. The van der Waals surface area contributed by atoms with Gasteiger partial charge in [0.25, 0.3) is 5.91 Å². The fourth-order valence-corrected chi connectivity index (χ4v) is 4.60. The molecule has 1 saturated carbocycles. The van der Waals surface area contributed by atoms with E-state index in [4.69, 9.17) is 24.1 Å². The van der Waals surface area contributed by atoms with Gasteiger partial charge < -0.3 is 29.0 Å². The highest BCUT2D eigenvalue weighted by atomic mass is 16.7. The normalized spacial score (nSPS) is 24.7. The van der Waals surface area contributed by atoms with Gasteiger partial charge in [0.1, 0.15) is 0 Å². The predicted octanol–water partition coefficient (Wildman–Crippen LogP) is 3.36. The Kier molecular flexibility index (Phi) is 11.9. The molecule has 2 rings (SSSR count). The molecule has 1 heterocycles. The zero-order valence-electron chi connectivity index (χ0n) is 19.9. The molecular formula is C24H43NO6. The summed E-state index contributed by atoms with van der Waals surface area (Å²) in [5, 5.41) is 8.74. The molecule has 1 aliphatic heterocycles. The second-order valence-electron chi connectivity index (χ2n) is 8.90. The van der Waals surface area contributed by atoms with Crippen molar-refractivity contribution in [3.05, 3.63) is 11.8 Å². The molecule has 0 radical (unpaired) electrons. The van der Waals surface area contributed by atoms with Crippen LogP contribution in [0.15, 0.2) is 11.8 Å². The molecule has 0 aromatic carbocycles. The molecule has 1 N–H and O–H groups in total. The third-order valence-electron chi connectivity index (χ3n) is 6.39. The van der Waals surface area contributed by atoms with E-state index < -0.39 is 6.29 Å². The summed E-state index contributed by atoms with van der Waals surface area (Å²) in [6, 6.07) is 0.299. The molecule has 1 amide bonds. The first-order valence-electron chi connectivity index (χ1n) is 12.0. The molecule has 3 atom stereocenters. The number of rotatable bonds is 13. The standard InChI is InChI=1S/C24H43NO6/c1-5-30-24-20(11-13-28-15-16-29-14-12-26)21(18(2)3)17-22(31-24)23(27)25(4)19-9-7-6-8-10-19/h17-21,24,26H,5-16H2,1-4H3/t20-,21-,24-/m1/s1. The van der Waals surface area contributed by atoms with Gasteiger partial charge in [0, 0.05) is 32.2 Å². The first-order valence-corrected chi connectivity index (χ1v) is 12.0. The number of amides is 1. The van der Waals surface area contributed by atoms with Gasteiger partial charge in [0.05, 0.1) is 26.4 Å². The first kappa shape index (κ1) is 26.1. The molecule has 1 aliphatic carbocycles. The van der Waals surface area contributed by atoms with Crippen LogP contribution in [0.5, 0.6) is 0 Å². The summed E-state index contributed by atoms with van der Waals surface area (Å²) in [7, 11) is 1.90. The van der Waals surface area contributed by atoms with Gasteiger partial charge in [-0.05, 0) is 44.1 Å². The Morgan fingerprint density at radius 3 is 2.45 bits per heavy atom. The largest absolute Gasteiger partial charge is 0.459 e. The maximum atomic E-state index is 13.2. The van der Waals surface area contributed by atoms with Crippen LogP contribution in [0.2, 0.25) is 0 Å². The topological polar surface area (TPSA) is 77.5 Å². The summed E-state index contributed by atoms with van der Waals surface area (Å²) in [5.41, 5.74) is 0. The molecule has 0 aromatic rings. The van der Waals surface area contributed by atoms with Crippen LogP contribution in [0.3, 0.4) is 0 Å². The number of nitrogens with zero attached hydrogens (tertiary/aromatic N) is 1. The van der Waals surface area contributed by atoms with Crippen molar-refractivity contribution in [2.75, 3.05) is 46.7 Å². The number of aliphatic hydroxyl groups excluding tert-OH is 1. The van der Waals surface area contributed by atoms with Crippen LogP contribution in [-0.4, -0.2) is 74.9 Å². The Hall–Kier alpha value is -1.15. The van der Waals surface area contributed by atoms with Crippen LogP contribution < -0.4 is 0 Å². The number of hydrogen-bond acceptors (Lipinski definition) is 6. The van der Waals surface area contributed by atoms with Gasteiger partial charge >= 0.3 is 0 Å². The smallest absolute Gasteiger partial charge is 0.288 e. The SMILES string of the molecule is CCO[C@@H]1OC(C(=O)N(C)C2CCCCC2)=C[C@H](C(C)C)[C@H]1CCOCCOCCO. The van der Waals surface area contributed by atoms with Crippen LogP contribution in [0.4, 0.5) is 0 Å². The summed E-state index contributed by atoms with van der Waals surface area (Å²) in [4.78, 5) is 15.1. The quantitative estimate of drug-likeness (QED) is 0.442. The highest BCUT2D eigenvalue weighted by Gasteiger charge is 2.39. The summed E-state index contributed by atoms with van der Waals surface area (Å²) < 4.78 is 23.0. The van der Waals surface area contributed by atoms with Gasteiger partial charge in [-0.2, -0.15) is 0 Å². The van der Waals surface area contributed by atoms with E-state index in [1.807, 2.05) is 24.9 Å². The van der Waals surface area contributed by atoms with E-state index >= 15 is 0 Å². The average Bonchev–Trinajstić information content (AvgIpc) is 2.78. The molecule has 0 aromatic heterocycles. The van der Waals surface area contributed by atoms with Gasteiger partial charge in [0.2, 0.25) is 6.29 Å². The van der Waals surface area contributed by atoms with Crippen LogP contribution in [0.1, 0.15) is 59.3 Å². The number of ether oxygens (including phenoxy) is 4. The molecule has 0 spiro atoms. The van der Waals surface area contributed by atoms with Crippen molar-refractivity contribution in [3.63, 3.8) is 0 Å². The zero-order valence-corrected chi connectivity index (χ0v) is 19.9. The lowest BCUT2D eigenvalue weighted by molar-refractivity contribution is -0.180. The van der Waals surface area contributed by atoms with Crippen LogP contribution >= 0.6 is 0 Å². The lowest BCUT2D eigenvalue weighted by Crippen LogP contribution is -2.44. The van der Waals surface area contributed by atoms with Crippen molar-refractivity contribution in [1.29, 1.82) is 0 Å². The lowest BCUT2D eigenvalue weighted by atomic mass is 9.79. The van der Waals surface area contributed by atoms with Gasteiger partial charge in [-0.15, -0.1) is 0 Å². The molecule has 1 fully saturated rings. The summed E-state index contributed by atoms with van der Waals surface area (Å²) in [5.74, 6) is 1.05. The van der Waals surface area contributed by atoms with Gasteiger partial charge in [-0.3, -0.25) is 4.79 Å². The second-order valence-corrected chi connectivity index (χ2v) is 8.90. The van der Waals surface area contributed by atoms with E-state index in [0.717, 1.165) is 19.3 Å². The highest BCUT2D eigenvalue weighted by Crippen LogP contribution is 2.37. The van der Waals surface area contributed by atoms with Crippen molar-refractivity contribution in [2.24, 2.45) is 17.8 Å². The lowest BCUT2D eigenvalue weighted by Gasteiger charge is -2.40. The minimum Gasteiger partial charge on any atom is -0.459 e. The number of allylic oxidation sites excluding steroid dienone is 1. The molecule has 0 bridgehead atoms. The molecule has 7 nitrogen and oxygen atoms in total. The Morgan fingerprint density at radius 1 is 1.16 bits per heavy atom. The average molecular weight is 442 g/mol. The molecule has 7 heteroatoms. The van der Waals surface area contributed by atoms with Crippen LogP contribution in [0.25, 0.3) is 0 Å². The number of carbonyl (C=O) groups is 1. The van der Waals surface area contributed by atoms with Gasteiger partial charge in [-0.25, -0.2) is 0 Å². The number of carbonyl (C=O) groups excluding carboxylic acids is 1. The van der Waals surface area contributed by atoms with E-state index in [1.54, 1.807) is 0 Å². The van der Waals surface area contributed by atoms with Gasteiger partial charge in [0.15, 0.2) is 5.76 Å². The zero-order chi connectivity index (χ0) is 22.6. The minimum absolute atomic E-state index is 0.0227. The molecule has 180 valence electrons. The van der Waals surface area contributed by atoms with Crippen molar-refractivity contribution in [2.45, 2.75) is 71.6 Å². The fourth-order valence-electron chi connectivity index (χ4n) is 4.60. The van der Waals surface area contributed by atoms with Crippen molar-refractivity contribution < 1.29 is 28.8 Å². The van der Waals surface area contributed by atoms with Crippen LogP contribution in [0, 0.1) is 17.8 Å². The van der Waals surface area contributed by atoms with E-state index in [-0.39, 0.29) is 24.3 Å². The van der Waals surface area contributed by atoms with E-state index in [9.17, 15) is 4.79 Å². The highest BCUT2D eigenvalue weighted by molar-refractivity contribution is 5.91. The third-order valence-corrected chi connectivity index (χ3v) is 6.39. The molecule has 0 saturated heterocycles. The Morgan fingerprint density at radius 2 is 1.84 bits per heavy atom. The van der Waals surface area contributed by atoms with E-state index in [2.05, 4.69) is 13.8 Å². The third kappa shape index (κ3) is 8.04. The summed E-state index contributed by atoms with van der Waals surface area (Å²) >= 11 is 0. The predicted molar refractivity (Wildman–Crippen MR) is 119 cm³/mol. The fraction of sp³-hybridized carbons (Fsp3) is 0.875. The second kappa shape index (κ2) is 14.1. The van der Waals surface area contributed by atoms with Gasteiger partial charge in [-0.1, -0.05) is 33.1 Å². The Balaban J connectivity index is 2.01. The number of aliphatic hydroxyl groups is 1. The van der Waals surface area contributed by atoms with Crippen LogP contribution in [-0.2, 0) is 23.7 Å². The number of hydrogen-bond donors (Lipinski definition) is 1. The Bertz CT molecular complexity index is 546. The molecule has 2 aliphatic rings. The maximum absolute atomic E-state index is 13.2. The monoisotopic (exact) mass is 441 g/mol. The number of likely N-dealkylation sites (N-methyl/N-ethyl adjacent to an activating group) is 1. The van der Waals surface area contributed by atoms with E-state index in [0.29, 0.717) is 50.8 Å². The molecule has 0 unspecified atom stereocenters. The Labute approximate surface area is 188 Å². The first-order chi connectivity index (χ1) is 15.0. The van der Waals surface area contributed by atoms with Crippen molar-refractivity contribution in [3.8, 4) is 0 Å². The van der Waals surface area contributed by atoms with Crippen molar-refractivity contribution >= 4 is 5.91 Å². The summed E-state index contributed by atoms with van der Waals surface area (Å²) in [6.45, 7) is 8.73.